The summed E-state index contributed by atoms with van der Waals surface area (Å²) in [5.74, 6) is 0.765. The average Bonchev–Trinajstić information content (AvgIpc) is 2.53. The topological polar surface area (TPSA) is 66.8 Å². The zero-order valence-electron chi connectivity index (χ0n) is 13.4. The molecule has 0 saturated carbocycles. The highest BCUT2D eigenvalue weighted by molar-refractivity contribution is 7.89. The fourth-order valence-electron chi connectivity index (χ4n) is 2.21. The van der Waals surface area contributed by atoms with Gasteiger partial charge in [0.05, 0.1) is 12.0 Å². The van der Waals surface area contributed by atoms with Crippen LogP contribution in [-0.4, -0.2) is 31.0 Å². The molecule has 0 aromatic heterocycles. The lowest BCUT2D eigenvalue weighted by atomic mass is 10.2. The number of benzene rings is 2. The number of rotatable bonds is 6. The monoisotopic (exact) mass is 335 g/mol. The Labute approximate surface area is 137 Å². The third-order valence-corrected chi connectivity index (χ3v) is 5.55. The van der Waals surface area contributed by atoms with E-state index in [1.807, 2.05) is 26.0 Å². The lowest BCUT2D eigenvalue weighted by Gasteiger charge is -2.26. The first-order chi connectivity index (χ1) is 10.8. The molecule has 0 amide bonds. The van der Waals surface area contributed by atoms with E-state index in [2.05, 4.69) is 0 Å². The first-order valence-corrected chi connectivity index (χ1v) is 8.72. The molecule has 0 spiro atoms. The van der Waals surface area contributed by atoms with Gasteiger partial charge in [-0.2, -0.15) is 4.31 Å². The maximum atomic E-state index is 12.8. The fourth-order valence-corrected chi connectivity index (χ4v) is 3.83. The molecular formula is C17H21NO4S. The lowest BCUT2D eigenvalue weighted by molar-refractivity contribution is 0.347. The highest BCUT2D eigenvalue weighted by atomic mass is 32.2. The van der Waals surface area contributed by atoms with Gasteiger partial charge in [0, 0.05) is 12.6 Å². The van der Waals surface area contributed by atoms with Crippen LogP contribution in [0.15, 0.2) is 53.4 Å². The number of hydrogen-bond acceptors (Lipinski definition) is 4. The molecule has 0 fully saturated rings. The van der Waals surface area contributed by atoms with E-state index in [1.54, 1.807) is 19.2 Å². The molecule has 0 aliphatic heterocycles. The van der Waals surface area contributed by atoms with Crippen LogP contribution in [0.5, 0.6) is 11.5 Å². The van der Waals surface area contributed by atoms with Gasteiger partial charge in [0.1, 0.15) is 11.5 Å². The number of sulfonamides is 1. The fraction of sp³-hybridized carbons (Fsp3) is 0.294. The number of phenols is 1. The Balaban J connectivity index is 2.31. The summed E-state index contributed by atoms with van der Waals surface area (Å²) in [4.78, 5) is 0.164. The normalized spacial score (nSPS) is 11.9. The Kier molecular flexibility index (Phi) is 5.28. The predicted octanol–water partition coefficient (Wildman–Crippen LogP) is 3.00. The second kappa shape index (κ2) is 7.02. The van der Waals surface area contributed by atoms with Crippen LogP contribution in [-0.2, 0) is 16.6 Å². The molecule has 0 unspecified atom stereocenters. The molecule has 1 N–H and O–H groups in total. The van der Waals surface area contributed by atoms with Crippen LogP contribution >= 0.6 is 0 Å². The third-order valence-electron chi connectivity index (χ3n) is 3.52. The molecule has 0 heterocycles. The summed E-state index contributed by atoms with van der Waals surface area (Å²) in [6.07, 6.45) is 0. The van der Waals surface area contributed by atoms with Gasteiger partial charge in [0.15, 0.2) is 0 Å². The highest BCUT2D eigenvalue weighted by Gasteiger charge is 2.27. The standard InChI is InChI=1S/C17H21NO4S/c1-13(2)18(12-14-4-8-16(22-3)9-5-14)23(20,21)17-10-6-15(19)7-11-17/h4-11,13,19H,12H2,1-3H3. The van der Waals surface area contributed by atoms with Crippen LogP contribution in [0.25, 0.3) is 0 Å². The van der Waals surface area contributed by atoms with Crippen molar-refractivity contribution in [2.24, 2.45) is 0 Å². The Morgan fingerprint density at radius 1 is 1.04 bits per heavy atom. The van der Waals surface area contributed by atoms with E-state index in [9.17, 15) is 13.5 Å². The van der Waals surface area contributed by atoms with E-state index in [-0.39, 0.29) is 23.2 Å². The number of nitrogens with zero attached hydrogens (tertiary/aromatic N) is 1. The zero-order chi connectivity index (χ0) is 17.0. The Morgan fingerprint density at radius 2 is 1.61 bits per heavy atom. The number of aromatic hydroxyl groups is 1. The van der Waals surface area contributed by atoms with Crippen molar-refractivity contribution in [2.75, 3.05) is 7.11 Å². The molecule has 0 bridgehead atoms. The zero-order valence-corrected chi connectivity index (χ0v) is 14.2. The number of methoxy groups -OCH3 is 1. The molecular weight excluding hydrogens is 314 g/mol. The smallest absolute Gasteiger partial charge is 0.243 e. The van der Waals surface area contributed by atoms with Crippen LogP contribution in [0.3, 0.4) is 0 Å². The Bertz CT molecular complexity index is 737. The van der Waals surface area contributed by atoms with Crippen LogP contribution in [0.1, 0.15) is 19.4 Å². The summed E-state index contributed by atoms with van der Waals surface area (Å²) in [5.41, 5.74) is 0.877. The van der Waals surface area contributed by atoms with Gasteiger partial charge in [-0.15, -0.1) is 0 Å². The number of hydrogen-bond donors (Lipinski definition) is 1. The first kappa shape index (κ1) is 17.3. The van der Waals surface area contributed by atoms with Crippen molar-refractivity contribution in [1.29, 1.82) is 0 Å². The van der Waals surface area contributed by atoms with E-state index in [1.165, 1.54) is 28.6 Å². The van der Waals surface area contributed by atoms with E-state index < -0.39 is 10.0 Å². The van der Waals surface area contributed by atoms with Gasteiger partial charge < -0.3 is 9.84 Å². The van der Waals surface area contributed by atoms with Crippen molar-refractivity contribution in [1.82, 2.24) is 4.31 Å². The van der Waals surface area contributed by atoms with Gasteiger partial charge in [0.2, 0.25) is 10.0 Å². The summed E-state index contributed by atoms with van der Waals surface area (Å²) in [7, 11) is -2.05. The summed E-state index contributed by atoms with van der Waals surface area (Å²) >= 11 is 0. The maximum absolute atomic E-state index is 12.8. The van der Waals surface area contributed by atoms with Crippen LogP contribution in [0, 0.1) is 0 Å². The molecule has 2 aromatic carbocycles. The van der Waals surface area contributed by atoms with Crippen molar-refractivity contribution in [2.45, 2.75) is 31.3 Å². The van der Waals surface area contributed by atoms with Crippen molar-refractivity contribution in [3.05, 3.63) is 54.1 Å². The van der Waals surface area contributed by atoms with E-state index in [4.69, 9.17) is 4.74 Å². The quantitative estimate of drug-likeness (QED) is 0.881. The molecule has 2 rings (SSSR count). The van der Waals surface area contributed by atoms with Crippen molar-refractivity contribution < 1.29 is 18.3 Å². The molecule has 0 saturated heterocycles. The minimum atomic E-state index is -3.64. The summed E-state index contributed by atoms with van der Waals surface area (Å²) in [6.45, 7) is 3.94. The molecule has 6 heteroatoms. The molecule has 0 radical (unpaired) electrons. The summed E-state index contributed by atoms with van der Waals surface area (Å²) in [6, 6.07) is 12.7. The van der Waals surface area contributed by atoms with Crippen LogP contribution < -0.4 is 4.74 Å². The van der Waals surface area contributed by atoms with Gasteiger partial charge in [-0.1, -0.05) is 12.1 Å². The van der Waals surface area contributed by atoms with Gasteiger partial charge >= 0.3 is 0 Å². The second-order valence-corrected chi connectivity index (χ2v) is 7.38. The van der Waals surface area contributed by atoms with Gasteiger partial charge in [-0.25, -0.2) is 8.42 Å². The van der Waals surface area contributed by atoms with Crippen LogP contribution in [0.2, 0.25) is 0 Å². The molecule has 124 valence electrons. The van der Waals surface area contributed by atoms with Crippen molar-refractivity contribution >= 4 is 10.0 Å². The van der Waals surface area contributed by atoms with Crippen molar-refractivity contribution in [3.63, 3.8) is 0 Å². The average molecular weight is 335 g/mol. The Morgan fingerprint density at radius 3 is 2.09 bits per heavy atom. The van der Waals surface area contributed by atoms with E-state index >= 15 is 0 Å². The molecule has 0 aliphatic carbocycles. The summed E-state index contributed by atoms with van der Waals surface area (Å²) in [5, 5.41) is 9.33. The molecule has 0 atom stereocenters. The molecule has 0 aliphatic rings. The van der Waals surface area contributed by atoms with Crippen molar-refractivity contribution in [3.8, 4) is 11.5 Å². The largest absolute Gasteiger partial charge is 0.508 e. The second-order valence-electron chi connectivity index (χ2n) is 5.49. The van der Waals surface area contributed by atoms with E-state index in [0.29, 0.717) is 0 Å². The molecule has 2 aromatic rings. The maximum Gasteiger partial charge on any atom is 0.243 e. The minimum Gasteiger partial charge on any atom is -0.508 e. The molecule has 5 nitrogen and oxygen atoms in total. The highest BCUT2D eigenvalue weighted by Crippen LogP contribution is 2.23. The first-order valence-electron chi connectivity index (χ1n) is 7.28. The van der Waals surface area contributed by atoms with Gasteiger partial charge in [-0.3, -0.25) is 0 Å². The van der Waals surface area contributed by atoms with Crippen LogP contribution in [0.4, 0.5) is 0 Å². The lowest BCUT2D eigenvalue weighted by Crippen LogP contribution is -2.36. The SMILES string of the molecule is COc1ccc(CN(C(C)C)S(=O)(=O)c2ccc(O)cc2)cc1. The Hall–Kier alpha value is -2.05. The van der Waals surface area contributed by atoms with E-state index in [0.717, 1.165) is 11.3 Å². The summed E-state index contributed by atoms with van der Waals surface area (Å²) < 4.78 is 32.2. The number of ether oxygens (including phenoxy) is 1. The minimum absolute atomic E-state index is 0.0372. The number of phenolic OH excluding ortho intramolecular Hbond substituents is 1. The predicted molar refractivity (Wildman–Crippen MR) is 89.0 cm³/mol. The van der Waals surface area contributed by atoms with Gasteiger partial charge in [0.25, 0.3) is 0 Å². The third kappa shape index (κ3) is 4.03. The van der Waals surface area contributed by atoms with Gasteiger partial charge in [-0.05, 0) is 55.8 Å². The molecule has 23 heavy (non-hydrogen) atoms.